The zero-order chi connectivity index (χ0) is 32.8. The smallest absolute Gasteiger partial charge is 0.254 e. The molecule has 11 nitrogen and oxygen atoms in total. The fraction of sp³-hybridized carbons (Fsp3) is 0.433. The Morgan fingerprint density at radius 3 is 2.29 bits per heavy atom. The number of aryl methyl sites for hydroxylation is 1. The van der Waals surface area contributed by atoms with Gasteiger partial charge in [-0.25, -0.2) is 39.1 Å². The van der Waals surface area contributed by atoms with Crippen LogP contribution in [0.5, 0.6) is 0 Å². The second-order valence-corrected chi connectivity index (χ2v) is 16.7. The molecule has 2 saturated heterocycles. The van der Waals surface area contributed by atoms with Gasteiger partial charge < -0.3 is 4.90 Å². The Kier molecular flexibility index (Phi) is 11.4. The highest BCUT2D eigenvalue weighted by Crippen LogP contribution is 2.24. The number of likely N-dealkylation sites (tertiary alicyclic amines) is 1. The van der Waals surface area contributed by atoms with Crippen molar-refractivity contribution in [2.24, 2.45) is 11.8 Å². The molecule has 2 aromatic rings. The van der Waals surface area contributed by atoms with Gasteiger partial charge in [-0.3, -0.25) is 4.79 Å². The SMILES string of the molecule is C=CS(=O)(=O)NC[C@H]1CCCN(S(=O)(=O)c2ccc(C/C=C/S(=O)(=O)NC[C@H]3CCN(C(=O)c4cc(F)ccc4C)C3)cc2)C1. The number of hydrogen-bond donors (Lipinski definition) is 2. The Labute approximate surface area is 265 Å². The summed E-state index contributed by atoms with van der Waals surface area (Å²) in [7, 11) is -11.1. The summed E-state index contributed by atoms with van der Waals surface area (Å²) in [6, 6.07) is 10.3. The van der Waals surface area contributed by atoms with Crippen LogP contribution in [0.1, 0.15) is 40.7 Å². The Morgan fingerprint density at radius 2 is 1.60 bits per heavy atom. The standard InChI is InChI=1S/C30H39FN4O7S3/c1-3-43(37,38)32-19-25-6-4-15-35(22-25)45(41,42)28-12-9-24(10-13-28)7-5-17-44(39,40)33-20-26-14-16-34(21-26)30(36)29-18-27(31)11-8-23(29)2/h3,5,8-13,17-18,25-26,32-33H,1,4,6-7,14-16,19-22H2,2H3/b17-5+/t25-,26-/m1/s1. The summed E-state index contributed by atoms with van der Waals surface area (Å²) in [5.41, 5.74) is 1.70. The predicted octanol–water partition coefficient (Wildman–Crippen LogP) is 2.74. The van der Waals surface area contributed by atoms with Crippen molar-refractivity contribution in [3.05, 3.63) is 88.4 Å². The molecule has 2 N–H and O–H groups in total. The topological polar surface area (TPSA) is 150 Å². The molecule has 2 atom stereocenters. The fourth-order valence-corrected chi connectivity index (χ4v) is 8.48. The summed E-state index contributed by atoms with van der Waals surface area (Å²) in [6.07, 6.45) is 3.66. The summed E-state index contributed by atoms with van der Waals surface area (Å²) in [4.78, 5) is 14.5. The first-order valence-electron chi connectivity index (χ1n) is 14.6. The van der Waals surface area contributed by atoms with E-state index in [1.54, 1.807) is 30.0 Å². The van der Waals surface area contributed by atoms with Crippen LogP contribution in [0.2, 0.25) is 0 Å². The normalized spacial score (nSPS) is 20.1. The molecule has 246 valence electrons. The maximum absolute atomic E-state index is 13.6. The van der Waals surface area contributed by atoms with E-state index in [1.807, 2.05) is 0 Å². The summed E-state index contributed by atoms with van der Waals surface area (Å²) in [6.45, 7) is 6.63. The lowest BCUT2D eigenvalue weighted by molar-refractivity contribution is 0.0786. The highest BCUT2D eigenvalue weighted by atomic mass is 32.2. The molecule has 0 bridgehead atoms. The molecule has 0 saturated carbocycles. The van der Waals surface area contributed by atoms with Crippen LogP contribution in [0.3, 0.4) is 0 Å². The van der Waals surface area contributed by atoms with Crippen molar-refractivity contribution in [1.82, 2.24) is 18.6 Å². The summed E-state index contributed by atoms with van der Waals surface area (Å²) in [5, 5.41) is 1.89. The molecular formula is C30H39FN4O7S3. The maximum Gasteiger partial charge on any atom is 0.254 e. The Hall–Kier alpha value is -2.95. The predicted molar refractivity (Wildman–Crippen MR) is 170 cm³/mol. The van der Waals surface area contributed by atoms with E-state index in [2.05, 4.69) is 16.0 Å². The minimum absolute atomic E-state index is 0.0767. The Balaban J connectivity index is 1.25. The molecule has 2 aromatic carbocycles. The molecule has 45 heavy (non-hydrogen) atoms. The number of benzene rings is 2. The number of rotatable bonds is 13. The first-order chi connectivity index (χ1) is 21.2. The van der Waals surface area contributed by atoms with Crippen LogP contribution in [-0.4, -0.2) is 79.6 Å². The van der Waals surface area contributed by atoms with Gasteiger partial charge in [-0.1, -0.05) is 30.9 Å². The van der Waals surface area contributed by atoms with E-state index in [4.69, 9.17) is 0 Å². The van der Waals surface area contributed by atoms with E-state index in [0.717, 1.165) is 10.8 Å². The minimum Gasteiger partial charge on any atom is -0.338 e. The van der Waals surface area contributed by atoms with Crippen molar-refractivity contribution >= 4 is 36.0 Å². The van der Waals surface area contributed by atoms with E-state index >= 15 is 0 Å². The third-order valence-electron chi connectivity index (χ3n) is 8.04. The second kappa shape index (κ2) is 14.6. The fourth-order valence-electron chi connectivity index (χ4n) is 5.42. The first-order valence-corrected chi connectivity index (χ1v) is 19.2. The molecule has 0 spiro atoms. The number of carbonyl (C=O) groups is 1. The van der Waals surface area contributed by atoms with Crippen molar-refractivity contribution in [3.63, 3.8) is 0 Å². The van der Waals surface area contributed by atoms with Crippen LogP contribution in [0, 0.1) is 24.6 Å². The van der Waals surface area contributed by atoms with E-state index < -0.39 is 35.9 Å². The molecule has 2 aliphatic heterocycles. The number of amides is 1. The van der Waals surface area contributed by atoms with Gasteiger partial charge in [-0.05, 0) is 79.8 Å². The van der Waals surface area contributed by atoms with Crippen molar-refractivity contribution < 1.29 is 34.4 Å². The summed E-state index contributed by atoms with van der Waals surface area (Å²) < 4.78 is 94.8. The average Bonchev–Trinajstić information content (AvgIpc) is 3.50. The summed E-state index contributed by atoms with van der Waals surface area (Å²) >= 11 is 0. The maximum atomic E-state index is 13.6. The van der Waals surface area contributed by atoms with Crippen molar-refractivity contribution in [2.45, 2.75) is 37.5 Å². The summed E-state index contributed by atoms with van der Waals surface area (Å²) in [5.74, 6) is -0.998. The monoisotopic (exact) mass is 682 g/mol. The number of nitrogens with zero attached hydrogens (tertiary/aromatic N) is 2. The highest BCUT2D eigenvalue weighted by molar-refractivity contribution is 7.92. The van der Waals surface area contributed by atoms with Gasteiger partial charge in [0.15, 0.2) is 0 Å². The van der Waals surface area contributed by atoms with Crippen molar-refractivity contribution in [2.75, 3.05) is 39.3 Å². The van der Waals surface area contributed by atoms with Gasteiger partial charge in [0.25, 0.3) is 5.91 Å². The number of carbonyl (C=O) groups excluding carboxylic acids is 1. The number of halogens is 1. The third-order valence-corrected chi connectivity index (χ3v) is 12.0. The number of piperidine rings is 1. The van der Waals surface area contributed by atoms with Crippen LogP contribution >= 0.6 is 0 Å². The lowest BCUT2D eigenvalue weighted by Gasteiger charge is -2.32. The lowest BCUT2D eigenvalue weighted by Crippen LogP contribution is -2.43. The molecule has 0 aliphatic carbocycles. The number of nitrogens with one attached hydrogen (secondary N) is 2. The van der Waals surface area contributed by atoms with Crippen molar-refractivity contribution in [1.29, 1.82) is 0 Å². The van der Waals surface area contributed by atoms with E-state index in [-0.39, 0.29) is 48.7 Å². The average molecular weight is 683 g/mol. The van der Waals surface area contributed by atoms with Crippen LogP contribution in [-0.2, 0) is 36.5 Å². The lowest BCUT2D eigenvalue weighted by atomic mass is 10.0. The Morgan fingerprint density at radius 1 is 0.933 bits per heavy atom. The minimum atomic E-state index is -3.79. The van der Waals surface area contributed by atoms with Crippen LogP contribution < -0.4 is 9.44 Å². The van der Waals surface area contributed by atoms with Gasteiger partial charge in [0.2, 0.25) is 30.1 Å². The molecule has 4 rings (SSSR count). The molecule has 2 heterocycles. The quantitative estimate of drug-likeness (QED) is 0.330. The number of hydrogen-bond acceptors (Lipinski definition) is 7. The van der Waals surface area contributed by atoms with Gasteiger partial charge in [0.05, 0.1) is 4.90 Å². The third kappa shape index (κ3) is 9.53. The number of sulfonamides is 3. The zero-order valence-electron chi connectivity index (χ0n) is 25.1. The zero-order valence-corrected chi connectivity index (χ0v) is 27.5. The van der Waals surface area contributed by atoms with Gasteiger partial charge in [-0.15, -0.1) is 0 Å². The first kappa shape index (κ1) is 34.9. The Bertz CT molecular complexity index is 1750. The highest BCUT2D eigenvalue weighted by Gasteiger charge is 2.31. The molecular weight excluding hydrogens is 644 g/mol. The molecule has 2 aliphatic rings. The van der Waals surface area contributed by atoms with Crippen LogP contribution in [0.25, 0.3) is 0 Å². The van der Waals surface area contributed by atoms with Gasteiger partial charge >= 0.3 is 0 Å². The van der Waals surface area contributed by atoms with E-state index in [1.165, 1.54) is 34.6 Å². The largest absolute Gasteiger partial charge is 0.338 e. The molecule has 0 unspecified atom stereocenters. The molecule has 0 aromatic heterocycles. The van der Waals surface area contributed by atoms with E-state index in [0.29, 0.717) is 55.6 Å². The molecule has 15 heteroatoms. The van der Waals surface area contributed by atoms with Gasteiger partial charge in [-0.2, -0.15) is 4.31 Å². The second-order valence-electron chi connectivity index (χ2n) is 11.4. The van der Waals surface area contributed by atoms with Crippen LogP contribution in [0.4, 0.5) is 4.39 Å². The van der Waals surface area contributed by atoms with E-state index in [9.17, 15) is 34.4 Å². The number of allylic oxidation sites excluding steroid dienone is 1. The molecule has 2 fully saturated rings. The van der Waals surface area contributed by atoms with Gasteiger partial charge in [0.1, 0.15) is 5.82 Å². The molecule has 0 radical (unpaired) electrons. The van der Waals surface area contributed by atoms with Crippen LogP contribution in [0.15, 0.2) is 70.8 Å². The van der Waals surface area contributed by atoms with Crippen molar-refractivity contribution in [3.8, 4) is 0 Å². The molecule has 1 amide bonds. The van der Waals surface area contributed by atoms with Gasteiger partial charge in [0, 0.05) is 55.6 Å².